The van der Waals surface area contributed by atoms with Gasteiger partial charge in [0.1, 0.15) is 0 Å². The Balaban J connectivity index is 0.00000243. The molecule has 1 atom stereocenters. The van der Waals surface area contributed by atoms with E-state index in [1.54, 1.807) is 6.07 Å². The van der Waals surface area contributed by atoms with Crippen molar-refractivity contribution in [2.75, 3.05) is 18.4 Å². The lowest BCUT2D eigenvalue weighted by Crippen LogP contribution is -2.32. The molecule has 5 nitrogen and oxygen atoms in total. The number of nitrogens with one attached hydrogen (secondary N) is 3. The van der Waals surface area contributed by atoms with Crippen molar-refractivity contribution < 1.29 is 9.59 Å². The van der Waals surface area contributed by atoms with E-state index in [1.165, 1.54) is 12.8 Å². The van der Waals surface area contributed by atoms with Crippen LogP contribution in [-0.4, -0.2) is 30.9 Å². The Bertz CT molecular complexity index is 623. The second-order valence-electron chi connectivity index (χ2n) is 7.43. The molecule has 0 radical (unpaired) electrons. The number of carbonyl (C=O) groups excluding carboxylic acids is 2. The molecule has 1 aliphatic carbocycles. The average molecular weight is 380 g/mol. The Morgan fingerprint density at radius 1 is 1.19 bits per heavy atom. The molecule has 144 valence electrons. The Hall–Kier alpha value is -1.59. The zero-order chi connectivity index (χ0) is 17.6. The maximum Gasteiger partial charge on any atom is 0.251 e. The summed E-state index contributed by atoms with van der Waals surface area (Å²) in [6.07, 6.45) is 7.20. The van der Waals surface area contributed by atoms with E-state index in [2.05, 4.69) is 16.0 Å². The molecule has 2 fully saturated rings. The standard InChI is InChI=1S/C20H29N3O2.ClH/c1-14-12-16(20(25)22-17-4-2-3-5-17)7-8-18(14)23-19(24)9-6-15-10-11-21-13-15;/h7-8,12,15,17,21H,2-6,9-11,13H2,1H3,(H,22,25)(H,23,24);1H. The van der Waals surface area contributed by atoms with Gasteiger partial charge in [0.2, 0.25) is 5.91 Å². The number of aryl methyl sites for hydroxylation is 1. The Morgan fingerprint density at radius 3 is 2.62 bits per heavy atom. The molecule has 1 aromatic rings. The van der Waals surface area contributed by atoms with Gasteiger partial charge in [-0.3, -0.25) is 9.59 Å². The van der Waals surface area contributed by atoms with Gasteiger partial charge in [0, 0.05) is 23.7 Å². The molecule has 1 aromatic carbocycles. The summed E-state index contributed by atoms with van der Waals surface area (Å²) in [5, 5.41) is 9.41. The molecule has 0 aromatic heterocycles. The molecule has 1 saturated carbocycles. The quantitative estimate of drug-likeness (QED) is 0.709. The monoisotopic (exact) mass is 379 g/mol. The summed E-state index contributed by atoms with van der Waals surface area (Å²) in [6.45, 7) is 4.02. The Morgan fingerprint density at radius 2 is 1.96 bits per heavy atom. The molecular weight excluding hydrogens is 350 g/mol. The van der Waals surface area contributed by atoms with E-state index in [0.29, 0.717) is 23.9 Å². The summed E-state index contributed by atoms with van der Waals surface area (Å²) in [4.78, 5) is 24.5. The second-order valence-corrected chi connectivity index (χ2v) is 7.43. The number of anilines is 1. The van der Waals surface area contributed by atoms with Crippen LogP contribution in [0.15, 0.2) is 18.2 Å². The third-order valence-corrected chi connectivity index (χ3v) is 5.40. The molecule has 2 aliphatic rings. The van der Waals surface area contributed by atoms with E-state index >= 15 is 0 Å². The molecule has 1 aliphatic heterocycles. The van der Waals surface area contributed by atoms with Gasteiger partial charge in [-0.2, -0.15) is 0 Å². The van der Waals surface area contributed by atoms with Crippen LogP contribution in [0, 0.1) is 12.8 Å². The first-order valence-corrected chi connectivity index (χ1v) is 9.54. The van der Waals surface area contributed by atoms with Crippen molar-refractivity contribution in [3.8, 4) is 0 Å². The maximum absolute atomic E-state index is 12.3. The van der Waals surface area contributed by atoms with E-state index in [4.69, 9.17) is 0 Å². The van der Waals surface area contributed by atoms with Crippen molar-refractivity contribution in [3.63, 3.8) is 0 Å². The van der Waals surface area contributed by atoms with Gasteiger partial charge in [-0.05, 0) is 75.4 Å². The molecule has 0 spiro atoms. The second kappa shape index (κ2) is 9.93. The fraction of sp³-hybridized carbons (Fsp3) is 0.600. The van der Waals surface area contributed by atoms with Gasteiger partial charge >= 0.3 is 0 Å². The van der Waals surface area contributed by atoms with Crippen molar-refractivity contribution in [1.29, 1.82) is 0 Å². The van der Waals surface area contributed by atoms with Crippen LogP contribution in [-0.2, 0) is 4.79 Å². The predicted octanol–water partition coefficient (Wildman–Crippen LogP) is 3.42. The number of hydrogen-bond acceptors (Lipinski definition) is 3. The van der Waals surface area contributed by atoms with Crippen molar-refractivity contribution >= 4 is 29.9 Å². The van der Waals surface area contributed by atoms with Gasteiger partial charge in [0.05, 0.1) is 0 Å². The summed E-state index contributed by atoms with van der Waals surface area (Å²) in [7, 11) is 0. The minimum absolute atomic E-state index is 0. The summed E-state index contributed by atoms with van der Waals surface area (Å²) < 4.78 is 0. The summed E-state index contributed by atoms with van der Waals surface area (Å²) in [5.41, 5.74) is 2.39. The fourth-order valence-corrected chi connectivity index (χ4v) is 3.79. The number of carbonyl (C=O) groups is 2. The molecule has 3 rings (SSSR count). The number of amides is 2. The zero-order valence-electron chi connectivity index (χ0n) is 15.5. The lowest BCUT2D eigenvalue weighted by Gasteiger charge is -2.14. The molecule has 2 amide bonds. The van der Waals surface area contributed by atoms with Crippen LogP contribution in [0.5, 0.6) is 0 Å². The van der Waals surface area contributed by atoms with E-state index < -0.39 is 0 Å². The third kappa shape index (κ3) is 5.71. The van der Waals surface area contributed by atoms with Gasteiger partial charge in [-0.1, -0.05) is 12.8 Å². The minimum Gasteiger partial charge on any atom is -0.349 e. The van der Waals surface area contributed by atoms with E-state index in [-0.39, 0.29) is 24.2 Å². The summed E-state index contributed by atoms with van der Waals surface area (Å²) in [6, 6.07) is 5.82. The van der Waals surface area contributed by atoms with Gasteiger partial charge in [0.25, 0.3) is 5.91 Å². The number of rotatable bonds is 6. The highest BCUT2D eigenvalue weighted by molar-refractivity contribution is 5.96. The molecule has 0 bridgehead atoms. The maximum atomic E-state index is 12.3. The van der Waals surface area contributed by atoms with Crippen LogP contribution in [0.4, 0.5) is 5.69 Å². The summed E-state index contributed by atoms with van der Waals surface area (Å²) in [5.74, 6) is 0.660. The Kier molecular flexibility index (Phi) is 7.91. The molecule has 6 heteroatoms. The van der Waals surface area contributed by atoms with Crippen LogP contribution in [0.1, 0.15) is 60.9 Å². The van der Waals surface area contributed by atoms with E-state index in [9.17, 15) is 9.59 Å². The topological polar surface area (TPSA) is 70.2 Å². The smallest absolute Gasteiger partial charge is 0.251 e. The van der Waals surface area contributed by atoms with Crippen LogP contribution in [0.25, 0.3) is 0 Å². The fourth-order valence-electron chi connectivity index (χ4n) is 3.79. The van der Waals surface area contributed by atoms with E-state index in [1.807, 2.05) is 19.1 Å². The van der Waals surface area contributed by atoms with Gasteiger partial charge < -0.3 is 16.0 Å². The van der Waals surface area contributed by atoms with Crippen molar-refractivity contribution in [2.24, 2.45) is 5.92 Å². The SMILES string of the molecule is Cc1cc(C(=O)NC2CCCC2)ccc1NC(=O)CCC1CCNC1.Cl. The molecule has 1 unspecified atom stereocenters. The van der Waals surface area contributed by atoms with Crippen molar-refractivity contribution in [1.82, 2.24) is 10.6 Å². The van der Waals surface area contributed by atoms with Gasteiger partial charge in [-0.15, -0.1) is 12.4 Å². The number of hydrogen-bond donors (Lipinski definition) is 3. The Labute approximate surface area is 162 Å². The molecule has 1 saturated heterocycles. The first-order chi connectivity index (χ1) is 12.1. The van der Waals surface area contributed by atoms with Crippen molar-refractivity contribution in [3.05, 3.63) is 29.3 Å². The van der Waals surface area contributed by atoms with E-state index in [0.717, 1.165) is 50.0 Å². The third-order valence-electron chi connectivity index (χ3n) is 5.40. The van der Waals surface area contributed by atoms with Crippen LogP contribution in [0.3, 0.4) is 0 Å². The largest absolute Gasteiger partial charge is 0.349 e. The molecule has 1 heterocycles. The van der Waals surface area contributed by atoms with Crippen LogP contribution < -0.4 is 16.0 Å². The minimum atomic E-state index is -0.0124. The number of benzene rings is 1. The lowest BCUT2D eigenvalue weighted by atomic mass is 10.0. The van der Waals surface area contributed by atoms with Crippen LogP contribution in [0.2, 0.25) is 0 Å². The molecular formula is C20H30ClN3O2. The zero-order valence-corrected chi connectivity index (χ0v) is 16.3. The normalized spacial score (nSPS) is 19.8. The predicted molar refractivity (Wildman–Crippen MR) is 107 cm³/mol. The first-order valence-electron chi connectivity index (χ1n) is 9.54. The highest BCUT2D eigenvalue weighted by Crippen LogP contribution is 2.21. The average Bonchev–Trinajstić information content (AvgIpc) is 3.28. The highest BCUT2D eigenvalue weighted by Gasteiger charge is 2.19. The molecule has 3 N–H and O–H groups in total. The summed E-state index contributed by atoms with van der Waals surface area (Å²) >= 11 is 0. The number of halogens is 1. The first kappa shape index (κ1) is 20.7. The van der Waals surface area contributed by atoms with Gasteiger partial charge in [-0.25, -0.2) is 0 Å². The van der Waals surface area contributed by atoms with Crippen LogP contribution >= 0.6 is 12.4 Å². The molecule has 26 heavy (non-hydrogen) atoms. The van der Waals surface area contributed by atoms with Crippen molar-refractivity contribution in [2.45, 2.75) is 57.9 Å². The lowest BCUT2D eigenvalue weighted by molar-refractivity contribution is -0.116. The van der Waals surface area contributed by atoms with Gasteiger partial charge in [0.15, 0.2) is 0 Å². The highest BCUT2D eigenvalue weighted by atomic mass is 35.5.